The summed E-state index contributed by atoms with van der Waals surface area (Å²) >= 11 is 6.55. The van der Waals surface area contributed by atoms with Crippen molar-refractivity contribution < 1.29 is 4.79 Å². The number of fused-ring (bicyclic) bond motifs is 1. The van der Waals surface area contributed by atoms with Gasteiger partial charge >= 0.3 is 0 Å². The molecule has 2 aromatic carbocycles. The number of halogens is 1. The van der Waals surface area contributed by atoms with Crippen LogP contribution in [0.3, 0.4) is 0 Å². The van der Waals surface area contributed by atoms with E-state index < -0.39 is 0 Å². The molecule has 0 spiro atoms. The summed E-state index contributed by atoms with van der Waals surface area (Å²) in [7, 11) is 0. The third kappa shape index (κ3) is 3.00. The summed E-state index contributed by atoms with van der Waals surface area (Å²) in [6, 6.07) is 17.5. The van der Waals surface area contributed by atoms with E-state index in [1.165, 1.54) is 11.3 Å². The van der Waals surface area contributed by atoms with E-state index in [2.05, 4.69) is 27.3 Å². The van der Waals surface area contributed by atoms with Crippen molar-refractivity contribution >= 4 is 60.4 Å². The fraction of sp³-hybridized carbons (Fsp3) is 0. The molecule has 0 atom stereocenters. The number of para-hydroxylation sites is 1. The van der Waals surface area contributed by atoms with E-state index in [1.807, 2.05) is 53.9 Å². The van der Waals surface area contributed by atoms with Gasteiger partial charge in [0.1, 0.15) is 5.01 Å². The Morgan fingerprint density at radius 1 is 1.08 bits per heavy atom. The first kappa shape index (κ1) is 15.5. The van der Waals surface area contributed by atoms with E-state index in [0.29, 0.717) is 4.88 Å². The molecule has 24 heavy (non-hydrogen) atoms. The third-order valence-corrected chi connectivity index (χ3v) is 5.93. The second-order valence-electron chi connectivity index (χ2n) is 5.11. The highest BCUT2D eigenvalue weighted by Gasteiger charge is 2.14. The molecule has 0 aliphatic carbocycles. The van der Waals surface area contributed by atoms with Gasteiger partial charge in [-0.3, -0.25) is 4.79 Å². The number of nitrogens with one attached hydrogen (secondary N) is 1. The number of carbonyl (C=O) groups is 1. The minimum Gasteiger partial charge on any atom is -0.321 e. The summed E-state index contributed by atoms with van der Waals surface area (Å²) in [6.45, 7) is 0. The van der Waals surface area contributed by atoms with E-state index in [0.717, 1.165) is 30.9 Å². The van der Waals surface area contributed by atoms with Gasteiger partial charge in [-0.25, -0.2) is 4.98 Å². The van der Waals surface area contributed by atoms with Gasteiger partial charge in [0.2, 0.25) is 0 Å². The number of amides is 1. The quantitative estimate of drug-likeness (QED) is 0.443. The third-order valence-electron chi connectivity index (χ3n) is 3.50. The second-order valence-corrected chi connectivity index (χ2v) is 8.00. The Kier molecular flexibility index (Phi) is 4.18. The minimum absolute atomic E-state index is 0.102. The van der Waals surface area contributed by atoms with Gasteiger partial charge in [-0.2, -0.15) is 0 Å². The molecule has 118 valence electrons. The molecule has 0 radical (unpaired) electrons. The average Bonchev–Trinajstić information content (AvgIpc) is 3.25. The Hall–Kier alpha value is -2.02. The van der Waals surface area contributed by atoms with E-state index in [4.69, 9.17) is 4.98 Å². The monoisotopic (exact) mass is 414 g/mol. The largest absolute Gasteiger partial charge is 0.321 e. The smallest absolute Gasteiger partial charge is 0.265 e. The molecule has 0 saturated heterocycles. The lowest BCUT2D eigenvalue weighted by Crippen LogP contribution is -2.10. The summed E-state index contributed by atoms with van der Waals surface area (Å²) in [5.74, 6) is -0.102. The molecule has 1 amide bonds. The molecule has 0 aliphatic heterocycles. The summed E-state index contributed by atoms with van der Waals surface area (Å²) in [5.41, 5.74) is 2.64. The maximum absolute atomic E-state index is 12.4. The van der Waals surface area contributed by atoms with Gasteiger partial charge < -0.3 is 5.32 Å². The van der Waals surface area contributed by atoms with Crippen LogP contribution in [0.5, 0.6) is 0 Å². The van der Waals surface area contributed by atoms with E-state index in [9.17, 15) is 4.79 Å². The lowest BCUT2D eigenvalue weighted by molar-refractivity contribution is 0.103. The van der Waals surface area contributed by atoms with Crippen molar-refractivity contribution in [2.75, 3.05) is 5.32 Å². The molecule has 0 unspecified atom stereocenters. The number of rotatable bonds is 3. The van der Waals surface area contributed by atoms with Gasteiger partial charge in [-0.1, -0.05) is 34.1 Å². The van der Waals surface area contributed by atoms with Crippen LogP contribution in [0.15, 0.2) is 64.5 Å². The Balaban J connectivity index is 1.77. The number of nitrogens with zero attached hydrogens (tertiary/aromatic N) is 1. The molecule has 0 saturated carbocycles. The van der Waals surface area contributed by atoms with E-state index >= 15 is 0 Å². The molecule has 1 N–H and O–H groups in total. The Morgan fingerprint density at radius 2 is 1.96 bits per heavy atom. The van der Waals surface area contributed by atoms with Crippen LogP contribution in [-0.4, -0.2) is 10.9 Å². The number of thiophene rings is 1. The number of thiazole rings is 1. The summed E-state index contributed by atoms with van der Waals surface area (Å²) in [5, 5.41) is 5.78. The zero-order valence-electron chi connectivity index (χ0n) is 12.3. The first-order valence-electron chi connectivity index (χ1n) is 7.21. The van der Waals surface area contributed by atoms with Crippen molar-refractivity contribution in [3.63, 3.8) is 0 Å². The van der Waals surface area contributed by atoms with Crippen LogP contribution in [0.2, 0.25) is 0 Å². The Labute approximate surface area is 155 Å². The fourth-order valence-corrected chi connectivity index (χ4v) is 4.36. The highest BCUT2D eigenvalue weighted by atomic mass is 79.9. The number of aromatic nitrogens is 1. The predicted octanol–water partition coefficient (Wildman–Crippen LogP) is 6.04. The lowest BCUT2D eigenvalue weighted by atomic mass is 10.2. The normalized spacial score (nSPS) is 10.9. The van der Waals surface area contributed by atoms with Crippen LogP contribution in [0, 0.1) is 0 Å². The summed E-state index contributed by atoms with van der Waals surface area (Å²) in [6.07, 6.45) is 0. The van der Waals surface area contributed by atoms with Gasteiger partial charge in [0.15, 0.2) is 0 Å². The zero-order valence-corrected chi connectivity index (χ0v) is 15.5. The molecule has 2 aromatic heterocycles. The van der Waals surface area contributed by atoms with Gasteiger partial charge in [0, 0.05) is 10.0 Å². The summed E-state index contributed by atoms with van der Waals surface area (Å²) < 4.78 is 2.08. The first-order valence-corrected chi connectivity index (χ1v) is 9.70. The van der Waals surface area contributed by atoms with Crippen molar-refractivity contribution in [3.05, 3.63) is 69.3 Å². The van der Waals surface area contributed by atoms with Gasteiger partial charge in [0.25, 0.3) is 5.91 Å². The van der Waals surface area contributed by atoms with Crippen molar-refractivity contribution in [1.82, 2.24) is 4.98 Å². The standard InChI is InChI=1S/C18H11BrN2OS2/c19-11-7-8-13(20-17(22)16-6-3-9-23-16)12(10-11)18-21-14-4-1-2-5-15(14)24-18/h1-10H,(H,20,22). The average molecular weight is 415 g/mol. The number of hydrogen-bond acceptors (Lipinski definition) is 4. The SMILES string of the molecule is O=C(Nc1ccc(Br)cc1-c1nc2ccccc2s1)c1cccs1. The molecule has 4 rings (SSSR count). The fourth-order valence-electron chi connectivity index (χ4n) is 2.38. The Morgan fingerprint density at radius 3 is 2.75 bits per heavy atom. The highest BCUT2D eigenvalue weighted by Crippen LogP contribution is 2.36. The van der Waals surface area contributed by atoms with Gasteiger partial charge in [0.05, 0.1) is 20.8 Å². The van der Waals surface area contributed by atoms with E-state index in [-0.39, 0.29) is 5.91 Å². The molecule has 0 bridgehead atoms. The predicted molar refractivity (Wildman–Crippen MR) is 105 cm³/mol. The van der Waals surface area contributed by atoms with Crippen molar-refractivity contribution in [2.45, 2.75) is 0 Å². The number of benzene rings is 2. The Bertz CT molecular complexity index is 992. The topological polar surface area (TPSA) is 42.0 Å². The van der Waals surface area contributed by atoms with Crippen molar-refractivity contribution in [3.8, 4) is 10.6 Å². The molecule has 2 heterocycles. The first-order chi connectivity index (χ1) is 11.7. The zero-order chi connectivity index (χ0) is 16.5. The number of anilines is 1. The van der Waals surface area contributed by atoms with Crippen LogP contribution in [0.25, 0.3) is 20.8 Å². The molecular formula is C18H11BrN2OS2. The number of carbonyl (C=O) groups excluding carboxylic acids is 1. The molecular weight excluding hydrogens is 404 g/mol. The van der Waals surface area contributed by atoms with Gasteiger partial charge in [-0.15, -0.1) is 22.7 Å². The van der Waals surface area contributed by atoms with Crippen molar-refractivity contribution in [1.29, 1.82) is 0 Å². The lowest BCUT2D eigenvalue weighted by Gasteiger charge is -2.09. The van der Waals surface area contributed by atoms with Crippen molar-refractivity contribution in [2.24, 2.45) is 0 Å². The second kappa shape index (κ2) is 6.47. The van der Waals surface area contributed by atoms with Crippen LogP contribution < -0.4 is 5.32 Å². The van der Waals surface area contributed by atoms with Crippen LogP contribution in [0.4, 0.5) is 5.69 Å². The van der Waals surface area contributed by atoms with Gasteiger partial charge in [-0.05, 0) is 41.8 Å². The highest BCUT2D eigenvalue weighted by molar-refractivity contribution is 9.10. The molecule has 0 fully saturated rings. The molecule has 4 aromatic rings. The maximum Gasteiger partial charge on any atom is 0.265 e. The van der Waals surface area contributed by atoms with Crippen LogP contribution in [0.1, 0.15) is 9.67 Å². The molecule has 0 aliphatic rings. The maximum atomic E-state index is 12.4. The minimum atomic E-state index is -0.102. The van der Waals surface area contributed by atoms with E-state index in [1.54, 1.807) is 11.3 Å². The van der Waals surface area contributed by atoms with Crippen LogP contribution >= 0.6 is 38.6 Å². The molecule has 6 heteroatoms. The summed E-state index contributed by atoms with van der Waals surface area (Å²) in [4.78, 5) is 17.8. The molecule has 3 nitrogen and oxygen atoms in total. The van der Waals surface area contributed by atoms with Crippen LogP contribution in [-0.2, 0) is 0 Å². The number of hydrogen-bond donors (Lipinski definition) is 1.